The minimum atomic E-state index is -0.111. The van der Waals surface area contributed by atoms with Gasteiger partial charge in [-0.15, -0.1) is 0 Å². The normalized spacial score (nSPS) is 14.3. The van der Waals surface area contributed by atoms with E-state index in [0.29, 0.717) is 13.0 Å². The van der Waals surface area contributed by atoms with Crippen LogP contribution >= 0.6 is 0 Å². The Labute approximate surface area is 172 Å². The number of amides is 2. The van der Waals surface area contributed by atoms with Gasteiger partial charge in [0.1, 0.15) is 0 Å². The Morgan fingerprint density at radius 1 is 0.897 bits per heavy atom. The predicted molar refractivity (Wildman–Crippen MR) is 119 cm³/mol. The minimum Gasteiger partial charge on any atom is -0.384 e. The number of nitrogens with zero attached hydrogens (tertiary/aromatic N) is 2. The van der Waals surface area contributed by atoms with Crippen molar-refractivity contribution in [2.24, 2.45) is 0 Å². The maximum atomic E-state index is 12.2. The number of piperazine rings is 1. The third-order valence-corrected chi connectivity index (χ3v) is 4.88. The van der Waals surface area contributed by atoms with Gasteiger partial charge in [-0.25, -0.2) is 0 Å². The van der Waals surface area contributed by atoms with Crippen LogP contribution < -0.4 is 20.9 Å². The van der Waals surface area contributed by atoms with Crippen molar-refractivity contribution in [1.82, 2.24) is 4.90 Å². The molecule has 0 radical (unpaired) electrons. The van der Waals surface area contributed by atoms with Crippen molar-refractivity contribution < 1.29 is 9.59 Å². The average molecular weight is 396 g/mol. The molecule has 3 rings (SSSR count). The van der Waals surface area contributed by atoms with Crippen LogP contribution in [-0.2, 0) is 9.59 Å². The number of carbonyl (C=O) groups excluding carboxylic acids is 2. The average Bonchev–Trinajstić information content (AvgIpc) is 2.69. The Bertz CT molecular complexity index is 829. The van der Waals surface area contributed by atoms with E-state index in [1.807, 2.05) is 36.4 Å². The van der Waals surface area contributed by atoms with Crippen LogP contribution in [-0.4, -0.2) is 56.5 Å². The largest absolute Gasteiger partial charge is 0.384 e. The van der Waals surface area contributed by atoms with Gasteiger partial charge in [0.2, 0.25) is 11.8 Å². The standard InChI is InChI=1S/C22H29N5O2/c1-17(28)24-20-5-3-4-19(16-20)23-11-10-22(29)25-18-6-8-21(9-7-18)27-14-12-26(2)13-15-27/h3-9,16,23H,10-15H2,1-2H3,(H,24,28)(H,25,29). The van der Waals surface area contributed by atoms with E-state index in [4.69, 9.17) is 0 Å². The van der Waals surface area contributed by atoms with Crippen molar-refractivity contribution in [3.05, 3.63) is 48.5 Å². The van der Waals surface area contributed by atoms with Gasteiger partial charge < -0.3 is 25.8 Å². The first-order chi connectivity index (χ1) is 14.0. The van der Waals surface area contributed by atoms with Gasteiger partial charge in [-0.2, -0.15) is 0 Å². The van der Waals surface area contributed by atoms with Gasteiger partial charge in [0.05, 0.1) is 0 Å². The molecular weight excluding hydrogens is 366 g/mol. The number of hydrogen-bond acceptors (Lipinski definition) is 5. The molecule has 1 heterocycles. The summed E-state index contributed by atoms with van der Waals surface area (Å²) in [6.07, 6.45) is 0.352. The first-order valence-electron chi connectivity index (χ1n) is 9.94. The molecule has 1 saturated heterocycles. The molecule has 2 aromatic rings. The third-order valence-electron chi connectivity index (χ3n) is 4.88. The quantitative estimate of drug-likeness (QED) is 0.672. The van der Waals surface area contributed by atoms with Crippen molar-refractivity contribution in [2.45, 2.75) is 13.3 Å². The Morgan fingerprint density at radius 2 is 1.59 bits per heavy atom. The van der Waals surface area contributed by atoms with Crippen molar-refractivity contribution in [2.75, 3.05) is 60.6 Å². The Hall–Kier alpha value is -3.06. The first kappa shape index (κ1) is 20.7. The molecule has 154 valence electrons. The lowest BCUT2D eigenvalue weighted by molar-refractivity contribution is -0.116. The zero-order valence-electron chi connectivity index (χ0n) is 17.1. The molecule has 1 aliphatic heterocycles. The summed E-state index contributed by atoms with van der Waals surface area (Å²) in [5, 5.41) is 8.89. The summed E-state index contributed by atoms with van der Waals surface area (Å²) in [4.78, 5) is 28.0. The van der Waals surface area contributed by atoms with Crippen LogP contribution in [0.1, 0.15) is 13.3 Å². The molecule has 0 saturated carbocycles. The van der Waals surface area contributed by atoms with Crippen LogP contribution in [0.15, 0.2) is 48.5 Å². The highest BCUT2D eigenvalue weighted by atomic mass is 16.2. The fourth-order valence-corrected chi connectivity index (χ4v) is 3.27. The molecule has 2 aromatic carbocycles. The summed E-state index contributed by atoms with van der Waals surface area (Å²) in [6.45, 7) is 6.17. The molecule has 1 fully saturated rings. The summed E-state index contributed by atoms with van der Waals surface area (Å²) in [7, 11) is 2.14. The van der Waals surface area contributed by atoms with Crippen LogP contribution in [0.4, 0.5) is 22.7 Å². The molecule has 29 heavy (non-hydrogen) atoms. The summed E-state index contributed by atoms with van der Waals surface area (Å²) in [5.41, 5.74) is 3.59. The molecule has 0 aromatic heterocycles. The molecule has 0 atom stereocenters. The predicted octanol–water partition coefficient (Wildman–Crippen LogP) is 2.84. The van der Waals surface area contributed by atoms with Gasteiger partial charge in [-0.3, -0.25) is 9.59 Å². The summed E-state index contributed by atoms with van der Waals surface area (Å²) >= 11 is 0. The number of likely N-dealkylation sites (N-methyl/N-ethyl adjacent to an activating group) is 1. The monoisotopic (exact) mass is 395 g/mol. The number of carbonyl (C=O) groups is 2. The summed E-state index contributed by atoms with van der Waals surface area (Å²) in [5.74, 6) is -0.150. The van der Waals surface area contributed by atoms with Crippen molar-refractivity contribution in [3.63, 3.8) is 0 Å². The van der Waals surface area contributed by atoms with Crippen LogP contribution in [0.25, 0.3) is 0 Å². The fourth-order valence-electron chi connectivity index (χ4n) is 3.27. The molecule has 0 unspecified atom stereocenters. The van der Waals surface area contributed by atoms with E-state index in [2.05, 4.69) is 44.9 Å². The Balaban J connectivity index is 1.43. The van der Waals surface area contributed by atoms with Crippen LogP contribution in [0.2, 0.25) is 0 Å². The molecule has 0 spiro atoms. The minimum absolute atomic E-state index is 0.0390. The second-order valence-electron chi connectivity index (χ2n) is 7.32. The molecule has 2 amide bonds. The smallest absolute Gasteiger partial charge is 0.226 e. The number of rotatable bonds is 7. The lowest BCUT2D eigenvalue weighted by Gasteiger charge is -2.34. The highest BCUT2D eigenvalue weighted by Crippen LogP contribution is 2.19. The van der Waals surface area contributed by atoms with E-state index in [9.17, 15) is 9.59 Å². The maximum absolute atomic E-state index is 12.2. The Kier molecular flexibility index (Phi) is 7.08. The lowest BCUT2D eigenvalue weighted by atomic mass is 10.2. The third kappa shape index (κ3) is 6.50. The highest BCUT2D eigenvalue weighted by Gasteiger charge is 2.14. The summed E-state index contributed by atoms with van der Waals surface area (Å²) in [6, 6.07) is 15.5. The van der Waals surface area contributed by atoms with Gasteiger partial charge in [-0.05, 0) is 49.5 Å². The number of hydrogen-bond donors (Lipinski definition) is 3. The highest BCUT2D eigenvalue weighted by molar-refractivity contribution is 5.91. The number of benzene rings is 2. The molecule has 7 heteroatoms. The molecule has 7 nitrogen and oxygen atoms in total. The van der Waals surface area contributed by atoms with Crippen molar-refractivity contribution in [3.8, 4) is 0 Å². The van der Waals surface area contributed by atoms with Gasteiger partial charge in [-0.1, -0.05) is 6.07 Å². The van der Waals surface area contributed by atoms with Crippen molar-refractivity contribution in [1.29, 1.82) is 0 Å². The maximum Gasteiger partial charge on any atom is 0.226 e. The van der Waals surface area contributed by atoms with E-state index in [1.54, 1.807) is 0 Å². The number of nitrogens with one attached hydrogen (secondary N) is 3. The van der Waals surface area contributed by atoms with Crippen LogP contribution in [0.5, 0.6) is 0 Å². The van der Waals surface area contributed by atoms with E-state index in [0.717, 1.165) is 43.2 Å². The second-order valence-corrected chi connectivity index (χ2v) is 7.32. The topological polar surface area (TPSA) is 76.7 Å². The van der Waals surface area contributed by atoms with Gasteiger partial charge >= 0.3 is 0 Å². The van der Waals surface area contributed by atoms with Gasteiger partial charge in [0.25, 0.3) is 0 Å². The van der Waals surface area contributed by atoms with E-state index in [-0.39, 0.29) is 11.8 Å². The lowest BCUT2D eigenvalue weighted by Crippen LogP contribution is -2.44. The molecule has 3 N–H and O–H groups in total. The van der Waals surface area contributed by atoms with Crippen LogP contribution in [0, 0.1) is 0 Å². The SMILES string of the molecule is CC(=O)Nc1cccc(NCCC(=O)Nc2ccc(N3CCN(C)CC3)cc2)c1. The second kappa shape index (κ2) is 9.93. The molecule has 0 aliphatic carbocycles. The molecular formula is C22H29N5O2. The first-order valence-corrected chi connectivity index (χ1v) is 9.94. The van der Waals surface area contributed by atoms with E-state index in [1.165, 1.54) is 12.6 Å². The van der Waals surface area contributed by atoms with E-state index < -0.39 is 0 Å². The molecule has 1 aliphatic rings. The van der Waals surface area contributed by atoms with Gasteiger partial charge in [0, 0.05) is 68.8 Å². The van der Waals surface area contributed by atoms with Crippen LogP contribution in [0.3, 0.4) is 0 Å². The number of anilines is 4. The summed E-state index contributed by atoms with van der Waals surface area (Å²) < 4.78 is 0. The van der Waals surface area contributed by atoms with E-state index >= 15 is 0 Å². The fraction of sp³-hybridized carbons (Fsp3) is 0.364. The zero-order valence-corrected chi connectivity index (χ0v) is 17.1. The van der Waals surface area contributed by atoms with Crippen molar-refractivity contribution >= 4 is 34.6 Å². The van der Waals surface area contributed by atoms with Gasteiger partial charge in [0.15, 0.2) is 0 Å². The Morgan fingerprint density at radius 3 is 2.28 bits per heavy atom. The zero-order chi connectivity index (χ0) is 20.6. The molecule has 0 bridgehead atoms.